The minimum Gasteiger partial charge on any atom is -0.294 e. The van der Waals surface area contributed by atoms with Gasteiger partial charge in [-0.3, -0.25) is 4.90 Å². The Bertz CT molecular complexity index is 339. The first-order chi connectivity index (χ1) is 9.16. The molecule has 0 aromatic heterocycles. The largest absolute Gasteiger partial charge is 0.294 e. The van der Waals surface area contributed by atoms with Gasteiger partial charge in [0, 0.05) is 18.1 Å². The van der Waals surface area contributed by atoms with Gasteiger partial charge in [0.05, 0.1) is 0 Å². The van der Waals surface area contributed by atoms with Crippen molar-refractivity contribution < 1.29 is 0 Å². The van der Waals surface area contributed by atoms with Crippen LogP contribution in [0.2, 0.25) is 0 Å². The van der Waals surface area contributed by atoms with E-state index in [-0.39, 0.29) is 0 Å². The van der Waals surface area contributed by atoms with Crippen molar-refractivity contribution in [2.45, 2.75) is 98.2 Å². The highest BCUT2D eigenvalue weighted by molar-refractivity contribution is 5.04. The molecule has 2 heterocycles. The van der Waals surface area contributed by atoms with Crippen LogP contribution in [0.5, 0.6) is 0 Å². The number of nitrogens with zero attached hydrogens (tertiary/aromatic N) is 1. The molecular weight excluding hydrogens is 242 g/mol. The Morgan fingerprint density at radius 1 is 0.600 bits per heavy atom. The molecule has 20 heavy (non-hydrogen) atoms. The minimum absolute atomic E-state index is 0.514. The number of hydrogen-bond acceptors (Lipinski definition) is 1. The third kappa shape index (κ3) is 2.56. The molecule has 3 fully saturated rings. The van der Waals surface area contributed by atoms with Crippen LogP contribution in [0.15, 0.2) is 0 Å². The number of fused-ring (bicyclic) bond motifs is 2. The molecule has 1 aliphatic carbocycles. The van der Waals surface area contributed by atoms with Crippen LogP contribution in [0.3, 0.4) is 0 Å². The lowest BCUT2D eigenvalue weighted by atomic mass is 9.64. The first kappa shape index (κ1) is 14.9. The average molecular weight is 277 g/mol. The Balaban J connectivity index is 1.62. The maximum absolute atomic E-state index is 2.98. The quantitative estimate of drug-likeness (QED) is 0.644. The van der Waals surface area contributed by atoms with Gasteiger partial charge in [-0.05, 0) is 61.2 Å². The maximum atomic E-state index is 2.98. The van der Waals surface area contributed by atoms with Crippen LogP contribution in [0.1, 0.15) is 80.1 Å². The molecule has 0 spiro atoms. The molecular formula is C19H35N. The van der Waals surface area contributed by atoms with E-state index in [0.29, 0.717) is 10.8 Å². The van der Waals surface area contributed by atoms with Crippen molar-refractivity contribution in [3.63, 3.8) is 0 Å². The van der Waals surface area contributed by atoms with Gasteiger partial charge in [0.15, 0.2) is 0 Å². The van der Waals surface area contributed by atoms with Crippen molar-refractivity contribution in [2.24, 2.45) is 22.7 Å². The second kappa shape index (κ2) is 4.73. The number of rotatable bonds is 1. The summed E-state index contributed by atoms with van der Waals surface area (Å²) in [6.45, 7) is 14.6. The van der Waals surface area contributed by atoms with Gasteiger partial charge in [-0.25, -0.2) is 0 Å². The Kier molecular flexibility index (Phi) is 3.52. The van der Waals surface area contributed by atoms with Gasteiger partial charge < -0.3 is 0 Å². The molecule has 1 saturated carbocycles. The summed E-state index contributed by atoms with van der Waals surface area (Å²) in [6, 6.07) is 2.77. The highest BCUT2D eigenvalue weighted by atomic mass is 15.3. The molecule has 0 aromatic rings. The van der Waals surface area contributed by atoms with E-state index in [1.165, 1.54) is 38.5 Å². The van der Waals surface area contributed by atoms with E-state index in [4.69, 9.17) is 0 Å². The highest BCUT2D eigenvalue weighted by Crippen LogP contribution is 2.51. The van der Waals surface area contributed by atoms with Gasteiger partial charge in [0.1, 0.15) is 0 Å². The standard InChI is InChI=1S/C19H35N/c1-18(2,3)13-9-15-7-8-16(10-13)20(15)17-11-14(12-17)19(4,5)6/h13-17H,7-12H2,1-6H3. The molecule has 2 aliphatic heterocycles. The predicted octanol–water partition coefficient (Wildman–Crippen LogP) is 5.10. The maximum Gasteiger partial charge on any atom is 0.0107 e. The van der Waals surface area contributed by atoms with Crippen molar-refractivity contribution >= 4 is 0 Å². The van der Waals surface area contributed by atoms with Crippen molar-refractivity contribution in [2.75, 3.05) is 0 Å². The van der Waals surface area contributed by atoms with E-state index in [1.807, 2.05) is 0 Å². The van der Waals surface area contributed by atoms with Crippen LogP contribution in [-0.4, -0.2) is 23.0 Å². The third-order valence-electron chi connectivity index (χ3n) is 6.77. The van der Waals surface area contributed by atoms with E-state index >= 15 is 0 Å². The van der Waals surface area contributed by atoms with Gasteiger partial charge in [0.25, 0.3) is 0 Å². The SMILES string of the molecule is CC(C)(C)C1CC2CCC(C1)N2C1CC(C(C)(C)C)C1. The Labute approximate surface area is 126 Å². The van der Waals surface area contributed by atoms with Crippen LogP contribution >= 0.6 is 0 Å². The Morgan fingerprint density at radius 2 is 0.950 bits per heavy atom. The second-order valence-electron chi connectivity index (χ2n) is 10.1. The summed E-state index contributed by atoms with van der Waals surface area (Å²) in [5.74, 6) is 1.92. The number of piperidine rings is 1. The van der Waals surface area contributed by atoms with E-state index in [0.717, 1.165) is 30.0 Å². The summed E-state index contributed by atoms with van der Waals surface area (Å²) in [7, 11) is 0. The summed E-state index contributed by atoms with van der Waals surface area (Å²) < 4.78 is 0. The second-order valence-corrected chi connectivity index (χ2v) is 10.1. The normalized spacial score (nSPS) is 42.6. The predicted molar refractivity (Wildman–Crippen MR) is 86.8 cm³/mol. The molecule has 0 amide bonds. The summed E-state index contributed by atoms with van der Waals surface area (Å²) in [4.78, 5) is 2.98. The van der Waals surface area contributed by atoms with E-state index < -0.39 is 0 Å². The smallest absolute Gasteiger partial charge is 0.0107 e. The van der Waals surface area contributed by atoms with Gasteiger partial charge in [-0.2, -0.15) is 0 Å². The lowest BCUT2D eigenvalue weighted by Gasteiger charge is -2.54. The van der Waals surface area contributed by atoms with Crippen molar-refractivity contribution in [3.8, 4) is 0 Å². The van der Waals surface area contributed by atoms with E-state index in [1.54, 1.807) is 0 Å². The van der Waals surface area contributed by atoms with Crippen molar-refractivity contribution in [1.29, 1.82) is 0 Å². The van der Waals surface area contributed by atoms with Crippen LogP contribution in [0, 0.1) is 22.7 Å². The molecule has 2 atom stereocenters. The van der Waals surface area contributed by atoms with Gasteiger partial charge >= 0.3 is 0 Å². The lowest BCUT2D eigenvalue weighted by molar-refractivity contribution is -0.0440. The van der Waals surface area contributed by atoms with Crippen LogP contribution in [0.25, 0.3) is 0 Å². The summed E-state index contributed by atoms with van der Waals surface area (Å²) in [5.41, 5.74) is 1.04. The van der Waals surface area contributed by atoms with Crippen molar-refractivity contribution in [1.82, 2.24) is 4.90 Å². The summed E-state index contributed by atoms with van der Waals surface area (Å²) in [6.07, 6.45) is 8.84. The van der Waals surface area contributed by atoms with Crippen LogP contribution in [-0.2, 0) is 0 Å². The van der Waals surface area contributed by atoms with E-state index in [9.17, 15) is 0 Å². The summed E-state index contributed by atoms with van der Waals surface area (Å²) >= 11 is 0. The molecule has 0 aromatic carbocycles. The first-order valence-corrected chi connectivity index (χ1v) is 8.93. The molecule has 2 bridgehead atoms. The third-order valence-corrected chi connectivity index (χ3v) is 6.77. The molecule has 1 nitrogen and oxygen atoms in total. The zero-order chi connectivity index (χ0) is 14.7. The fourth-order valence-corrected chi connectivity index (χ4v) is 5.06. The first-order valence-electron chi connectivity index (χ1n) is 8.93. The lowest BCUT2D eigenvalue weighted by Crippen LogP contribution is -2.56. The fourth-order valence-electron chi connectivity index (χ4n) is 5.06. The molecule has 0 radical (unpaired) electrons. The zero-order valence-corrected chi connectivity index (χ0v) is 14.6. The van der Waals surface area contributed by atoms with Crippen LogP contribution in [0.4, 0.5) is 0 Å². The molecule has 3 rings (SSSR count). The zero-order valence-electron chi connectivity index (χ0n) is 14.6. The Hall–Kier alpha value is -0.0400. The molecule has 0 N–H and O–H groups in total. The van der Waals surface area contributed by atoms with Gasteiger partial charge in [0.2, 0.25) is 0 Å². The highest BCUT2D eigenvalue weighted by Gasteiger charge is 2.50. The fraction of sp³-hybridized carbons (Fsp3) is 1.00. The Morgan fingerprint density at radius 3 is 1.30 bits per heavy atom. The van der Waals surface area contributed by atoms with Gasteiger partial charge in [-0.1, -0.05) is 41.5 Å². The monoisotopic (exact) mass is 277 g/mol. The van der Waals surface area contributed by atoms with Gasteiger partial charge in [-0.15, -0.1) is 0 Å². The molecule has 2 saturated heterocycles. The molecule has 2 unspecified atom stereocenters. The summed E-state index contributed by atoms with van der Waals surface area (Å²) in [5, 5.41) is 0. The molecule has 3 aliphatic rings. The average Bonchev–Trinajstić information content (AvgIpc) is 2.47. The number of hydrogen-bond donors (Lipinski definition) is 0. The minimum atomic E-state index is 0.514. The molecule has 1 heteroatoms. The topological polar surface area (TPSA) is 3.24 Å². The van der Waals surface area contributed by atoms with Crippen molar-refractivity contribution in [3.05, 3.63) is 0 Å². The molecule has 116 valence electrons. The van der Waals surface area contributed by atoms with Crippen LogP contribution < -0.4 is 0 Å². The van der Waals surface area contributed by atoms with E-state index in [2.05, 4.69) is 46.4 Å².